The Morgan fingerprint density at radius 1 is 1.59 bits per heavy atom. The number of carbonyl (C=O) groups excluding carboxylic acids is 1. The first kappa shape index (κ1) is 13.4. The van der Waals surface area contributed by atoms with Gasteiger partial charge in [-0.1, -0.05) is 0 Å². The van der Waals surface area contributed by atoms with Crippen LogP contribution in [-0.4, -0.2) is 13.1 Å². The average molecular weight is 260 g/mol. The molecular formula is C11H8ClF2NO2. The van der Waals surface area contributed by atoms with Crippen molar-refractivity contribution in [2.45, 2.75) is 12.3 Å². The predicted molar refractivity (Wildman–Crippen MR) is 57.0 cm³/mol. The maximum absolute atomic E-state index is 12.8. The molecule has 0 bridgehead atoms. The van der Waals surface area contributed by atoms with Crippen LogP contribution in [0.25, 0.3) is 0 Å². The van der Waals surface area contributed by atoms with Gasteiger partial charge in [0.15, 0.2) is 0 Å². The van der Waals surface area contributed by atoms with Crippen molar-refractivity contribution in [2.75, 3.05) is 7.11 Å². The molecule has 6 heteroatoms. The van der Waals surface area contributed by atoms with Crippen molar-refractivity contribution in [2.24, 2.45) is 0 Å². The maximum atomic E-state index is 12.8. The summed E-state index contributed by atoms with van der Waals surface area (Å²) in [5, 5.41) is 8.79. The second-order valence-corrected chi connectivity index (χ2v) is 3.40. The largest absolute Gasteiger partial charge is 0.465 e. The highest BCUT2D eigenvalue weighted by Crippen LogP contribution is 2.29. The smallest absolute Gasteiger partial charge is 0.337 e. The molecule has 1 aromatic rings. The molecule has 17 heavy (non-hydrogen) atoms. The normalized spacial score (nSPS) is 10.1. The fourth-order valence-electron chi connectivity index (χ4n) is 1.41. The van der Waals surface area contributed by atoms with Gasteiger partial charge in [0.05, 0.1) is 24.3 Å². The third-order valence-corrected chi connectivity index (χ3v) is 2.46. The maximum Gasteiger partial charge on any atom is 0.337 e. The number of halogens is 3. The van der Waals surface area contributed by atoms with Gasteiger partial charge < -0.3 is 4.74 Å². The van der Waals surface area contributed by atoms with E-state index in [0.717, 1.165) is 13.2 Å². The van der Waals surface area contributed by atoms with Gasteiger partial charge in [0.1, 0.15) is 0 Å². The molecule has 0 unspecified atom stereocenters. The molecule has 1 rings (SSSR count). The van der Waals surface area contributed by atoms with E-state index in [4.69, 9.17) is 16.9 Å². The number of methoxy groups -OCH3 is 1. The van der Waals surface area contributed by atoms with E-state index in [-0.39, 0.29) is 22.6 Å². The number of nitrogens with zero attached hydrogens (tertiary/aromatic N) is 1. The van der Waals surface area contributed by atoms with Gasteiger partial charge in [0.25, 0.3) is 6.43 Å². The number of nitriles is 1. The molecule has 90 valence electrons. The summed E-state index contributed by atoms with van der Waals surface area (Å²) in [6, 6.07) is 3.91. The van der Waals surface area contributed by atoms with Crippen LogP contribution < -0.4 is 0 Å². The molecule has 0 spiro atoms. The molecule has 0 aliphatic heterocycles. The number of hydrogen-bond donors (Lipinski definition) is 0. The van der Waals surface area contributed by atoms with E-state index in [9.17, 15) is 13.6 Å². The van der Waals surface area contributed by atoms with Gasteiger partial charge >= 0.3 is 5.97 Å². The van der Waals surface area contributed by atoms with E-state index in [1.54, 1.807) is 6.07 Å². The predicted octanol–water partition coefficient (Wildman–Crippen LogP) is 3.02. The van der Waals surface area contributed by atoms with Crippen LogP contribution in [-0.2, 0) is 10.6 Å². The Balaban J connectivity index is 3.46. The molecule has 0 fully saturated rings. The third-order valence-electron chi connectivity index (χ3n) is 2.17. The summed E-state index contributed by atoms with van der Waals surface area (Å²) >= 11 is 5.53. The average Bonchev–Trinajstić information content (AvgIpc) is 2.35. The topological polar surface area (TPSA) is 50.1 Å². The lowest BCUT2D eigenvalue weighted by atomic mass is 9.99. The molecule has 0 saturated carbocycles. The van der Waals surface area contributed by atoms with Gasteiger partial charge in [-0.15, -0.1) is 11.6 Å². The van der Waals surface area contributed by atoms with Crippen molar-refractivity contribution in [1.82, 2.24) is 0 Å². The summed E-state index contributed by atoms with van der Waals surface area (Å²) in [5.74, 6) is -0.909. The van der Waals surface area contributed by atoms with Gasteiger partial charge in [0.2, 0.25) is 0 Å². The summed E-state index contributed by atoms with van der Waals surface area (Å²) in [5.41, 5.74) is -0.612. The molecular weight excluding hydrogens is 252 g/mol. The molecule has 0 aliphatic rings. The molecule has 0 heterocycles. The Bertz CT molecular complexity index is 483. The zero-order chi connectivity index (χ0) is 13.0. The first-order valence-corrected chi connectivity index (χ1v) is 5.08. The third kappa shape index (κ3) is 2.71. The summed E-state index contributed by atoms with van der Waals surface area (Å²) in [7, 11) is 1.16. The molecule has 0 atom stereocenters. The van der Waals surface area contributed by atoms with Crippen molar-refractivity contribution in [3.05, 3.63) is 34.4 Å². The molecule has 0 aliphatic carbocycles. The number of esters is 1. The summed E-state index contributed by atoms with van der Waals surface area (Å²) < 4.78 is 30.0. The van der Waals surface area contributed by atoms with Crippen molar-refractivity contribution < 1.29 is 18.3 Å². The Labute approximate surface area is 102 Å². The molecule has 0 radical (unpaired) electrons. The van der Waals surface area contributed by atoms with Crippen LogP contribution in [0, 0.1) is 11.3 Å². The minimum atomic E-state index is -2.81. The van der Waals surface area contributed by atoms with Crippen molar-refractivity contribution >= 4 is 17.6 Å². The lowest BCUT2D eigenvalue weighted by Crippen LogP contribution is -2.06. The van der Waals surface area contributed by atoms with Crippen LogP contribution in [0.3, 0.4) is 0 Å². The molecule has 0 N–H and O–H groups in total. The highest BCUT2D eigenvalue weighted by Gasteiger charge is 2.20. The Kier molecular flexibility index (Phi) is 4.41. The quantitative estimate of drug-likeness (QED) is 0.619. The zero-order valence-corrected chi connectivity index (χ0v) is 9.59. The van der Waals surface area contributed by atoms with Crippen molar-refractivity contribution in [1.29, 1.82) is 5.26 Å². The van der Waals surface area contributed by atoms with E-state index in [1.807, 2.05) is 0 Å². The highest BCUT2D eigenvalue weighted by molar-refractivity contribution is 6.17. The molecule has 0 amide bonds. The number of ether oxygens (including phenoxy) is 1. The van der Waals surface area contributed by atoms with Gasteiger partial charge in [-0.2, -0.15) is 5.26 Å². The monoisotopic (exact) mass is 259 g/mol. The highest BCUT2D eigenvalue weighted by atomic mass is 35.5. The molecule has 0 saturated heterocycles. The first-order valence-electron chi connectivity index (χ1n) is 4.54. The second kappa shape index (κ2) is 5.60. The van der Waals surface area contributed by atoms with Crippen LogP contribution >= 0.6 is 11.6 Å². The Hall–Kier alpha value is -1.67. The standard InChI is InChI=1S/C11H8ClF2NO2/c1-17-11(16)6-2-7(4-12)9(10(13)14)8(3-6)5-15/h2-3,10H,4H2,1H3. The fourth-order valence-corrected chi connectivity index (χ4v) is 1.63. The fraction of sp³-hybridized carbons (Fsp3) is 0.273. The van der Waals surface area contributed by atoms with Crippen LogP contribution in [0.5, 0.6) is 0 Å². The van der Waals surface area contributed by atoms with Crippen molar-refractivity contribution in [3.63, 3.8) is 0 Å². The number of benzene rings is 1. The lowest BCUT2D eigenvalue weighted by molar-refractivity contribution is 0.0600. The molecule has 3 nitrogen and oxygen atoms in total. The number of hydrogen-bond acceptors (Lipinski definition) is 3. The number of rotatable bonds is 3. The number of carbonyl (C=O) groups is 1. The zero-order valence-electron chi connectivity index (χ0n) is 8.84. The SMILES string of the molecule is COC(=O)c1cc(C#N)c(C(F)F)c(CCl)c1. The summed E-state index contributed by atoms with van der Waals surface area (Å²) in [6.07, 6.45) is -2.81. The van der Waals surface area contributed by atoms with E-state index in [1.165, 1.54) is 6.07 Å². The Morgan fingerprint density at radius 3 is 2.65 bits per heavy atom. The van der Waals surface area contributed by atoms with E-state index < -0.39 is 18.0 Å². The van der Waals surface area contributed by atoms with E-state index >= 15 is 0 Å². The summed E-state index contributed by atoms with van der Waals surface area (Å²) in [6.45, 7) is 0. The van der Waals surface area contributed by atoms with E-state index in [2.05, 4.69) is 4.74 Å². The van der Waals surface area contributed by atoms with E-state index in [0.29, 0.717) is 0 Å². The Morgan fingerprint density at radius 2 is 2.24 bits per heavy atom. The van der Waals surface area contributed by atoms with Gasteiger partial charge in [-0.25, -0.2) is 13.6 Å². The van der Waals surface area contributed by atoms with Crippen LogP contribution in [0.15, 0.2) is 12.1 Å². The minimum absolute atomic E-state index is 0.0316. The van der Waals surface area contributed by atoms with Gasteiger partial charge in [0, 0.05) is 11.4 Å². The minimum Gasteiger partial charge on any atom is -0.465 e. The second-order valence-electron chi connectivity index (χ2n) is 3.13. The van der Waals surface area contributed by atoms with Crippen LogP contribution in [0.2, 0.25) is 0 Å². The first-order chi connectivity index (χ1) is 8.04. The summed E-state index contributed by atoms with van der Waals surface area (Å²) in [4.78, 5) is 11.3. The van der Waals surface area contributed by atoms with Gasteiger partial charge in [-0.05, 0) is 17.7 Å². The molecule has 0 aromatic heterocycles. The van der Waals surface area contributed by atoms with Crippen LogP contribution in [0.1, 0.15) is 33.5 Å². The lowest BCUT2D eigenvalue weighted by Gasteiger charge is -2.10. The van der Waals surface area contributed by atoms with Crippen molar-refractivity contribution in [3.8, 4) is 6.07 Å². The van der Waals surface area contributed by atoms with Crippen LogP contribution in [0.4, 0.5) is 8.78 Å². The van der Waals surface area contributed by atoms with Gasteiger partial charge in [-0.3, -0.25) is 0 Å². The number of alkyl halides is 3. The molecule has 1 aromatic carbocycles.